The first kappa shape index (κ1) is 27.3. The number of benzene rings is 1. The Morgan fingerprint density at radius 3 is 2.54 bits per heavy atom. The monoisotopic (exact) mass is 562 g/mol. The lowest BCUT2D eigenvalue weighted by atomic mass is 9.85. The summed E-state index contributed by atoms with van der Waals surface area (Å²) in [6, 6.07) is 7.47. The van der Waals surface area contributed by atoms with Crippen LogP contribution in [0.3, 0.4) is 0 Å². The van der Waals surface area contributed by atoms with Gasteiger partial charge in [-0.25, -0.2) is 4.79 Å². The second kappa shape index (κ2) is 10.5. The molecule has 1 spiro atoms. The molecule has 6 rings (SSSR count). The average molecular weight is 563 g/mol. The van der Waals surface area contributed by atoms with Gasteiger partial charge >= 0.3 is 6.09 Å². The number of amides is 2. The summed E-state index contributed by atoms with van der Waals surface area (Å²) < 4.78 is 8.03. The number of nitrogens with one attached hydrogen (secondary N) is 2. The molecule has 1 aromatic carbocycles. The van der Waals surface area contributed by atoms with Crippen molar-refractivity contribution in [1.82, 2.24) is 24.6 Å². The summed E-state index contributed by atoms with van der Waals surface area (Å²) in [4.78, 5) is 44.2. The molecule has 41 heavy (non-hydrogen) atoms. The fourth-order valence-electron chi connectivity index (χ4n) is 6.98. The Labute approximate surface area is 238 Å². The van der Waals surface area contributed by atoms with E-state index in [1.54, 1.807) is 6.20 Å². The lowest BCUT2D eigenvalue weighted by molar-refractivity contribution is -0.0948. The van der Waals surface area contributed by atoms with Crippen LogP contribution in [-0.4, -0.2) is 80.1 Å². The van der Waals surface area contributed by atoms with E-state index in [-0.39, 0.29) is 17.1 Å². The molecule has 4 heterocycles. The Morgan fingerprint density at radius 1 is 1.10 bits per heavy atom. The van der Waals surface area contributed by atoms with Crippen molar-refractivity contribution in [2.45, 2.75) is 69.9 Å². The molecule has 0 atom stereocenters. The van der Waals surface area contributed by atoms with E-state index in [1.165, 1.54) is 4.90 Å². The third kappa shape index (κ3) is 4.86. The maximum Gasteiger partial charge on any atom is 0.407 e. The van der Waals surface area contributed by atoms with Crippen LogP contribution < -0.4 is 10.9 Å². The van der Waals surface area contributed by atoms with Crippen LogP contribution >= 0.6 is 0 Å². The third-order valence-electron chi connectivity index (χ3n) is 9.45. The van der Waals surface area contributed by atoms with Gasteiger partial charge in [-0.1, -0.05) is 19.8 Å². The zero-order valence-corrected chi connectivity index (χ0v) is 23.7. The van der Waals surface area contributed by atoms with Crippen LogP contribution in [0, 0.1) is 6.92 Å². The molecule has 2 aliphatic heterocycles. The Bertz CT molecular complexity index is 1530. The van der Waals surface area contributed by atoms with Crippen LogP contribution in [-0.2, 0) is 10.3 Å². The lowest BCUT2D eigenvalue weighted by Crippen LogP contribution is -2.52. The van der Waals surface area contributed by atoms with Gasteiger partial charge in [0.25, 0.3) is 11.5 Å². The number of aromatic amines is 1. The number of aromatic nitrogens is 3. The van der Waals surface area contributed by atoms with E-state index >= 15 is 0 Å². The second-order valence-corrected chi connectivity index (χ2v) is 11.8. The Morgan fingerprint density at radius 2 is 1.85 bits per heavy atom. The molecule has 1 saturated carbocycles. The summed E-state index contributed by atoms with van der Waals surface area (Å²) in [5.41, 5.74) is 2.11. The van der Waals surface area contributed by atoms with Gasteiger partial charge in [-0.3, -0.25) is 14.3 Å². The number of likely N-dealkylation sites (tertiary alicyclic amines) is 1. The van der Waals surface area contributed by atoms with Crippen molar-refractivity contribution in [3.63, 3.8) is 0 Å². The Hall–Kier alpha value is -3.86. The number of carboxylic acid groups (broad SMARTS) is 1. The van der Waals surface area contributed by atoms with Crippen molar-refractivity contribution in [3.8, 4) is 0 Å². The van der Waals surface area contributed by atoms with E-state index in [0.717, 1.165) is 43.4 Å². The Balaban J connectivity index is 1.27. The zero-order chi connectivity index (χ0) is 28.8. The fraction of sp³-hybridized carbons (Fsp3) is 0.533. The summed E-state index contributed by atoms with van der Waals surface area (Å²) in [5.74, 6) is 0.456. The highest BCUT2D eigenvalue weighted by Gasteiger charge is 2.41. The van der Waals surface area contributed by atoms with Gasteiger partial charge in [-0.2, -0.15) is 5.10 Å². The third-order valence-corrected chi connectivity index (χ3v) is 9.45. The molecule has 2 saturated heterocycles. The molecule has 3 aliphatic rings. The van der Waals surface area contributed by atoms with E-state index in [2.05, 4.69) is 17.2 Å². The topological polar surface area (TPSA) is 133 Å². The molecule has 0 bridgehead atoms. The van der Waals surface area contributed by atoms with Crippen LogP contribution in [0.5, 0.6) is 0 Å². The first-order chi connectivity index (χ1) is 19.7. The molecular formula is C30H38N6O5. The lowest BCUT2D eigenvalue weighted by Gasteiger charge is -2.41. The minimum atomic E-state index is -0.914. The number of ether oxygens (including phenoxy) is 1. The molecule has 3 N–H and O–H groups in total. The van der Waals surface area contributed by atoms with Crippen LogP contribution in [0.2, 0.25) is 0 Å². The van der Waals surface area contributed by atoms with E-state index < -0.39 is 11.6 Å². The highest BCUT2D eigenvalue weighted by atomic mass is 16.5. The second-order valence-electron chi connectivity index (χ2n) is 11.8. The number of hydrogen-bond donors (Lipinski definition) is 3. The molecule has 2 amide bonds. The van der Waals surface area contributed by atoms with E-state index in [1.807, 2.05) is 40.8 Å². The largest absolute Gasteiger partial charge is 0.465 e. The molecule has 2 aromatic heterocycles. The van der Waals surface area contributed by atoms with Gasteiger partial charge in [-0.05, 0) is 68.9 Å². The van der Waals surface area contributed by atoms with Crippen LogP contribution in [0.1, 0.15) is 67.8 Å². The standard InChI is InChI=1S/C30H38N6O5/c1-3-29(11-14-34(15-12-29)28(39)40)36-23-8-13-31-26(37)24(23)25(33-36)32-21-6-7-22(20(2)18-21)27(38)35-16-17-41-30(19-35)9-4-5-10-30/h6-8,13,18H,3-5,9-12,14-17,19H2,1-2H3,(H,31,37)(H,32,33)(H,39,40). The van der Waals surface area contributed by atoms with Crippen molar-refractivity contribution in [2.75, 3.05) is 38.1 Å². The number of morpholine rings is 1. The molecule has 11 nitrogen and oxygen atoms in total. The van der Waals surface area contributed by atoms with Crippen LogP contribution in [0.25, 0.3) is 10.9 Å². The van der Waals surface area contributed by atoms with Crippen molar-refractivity contribution in [1.29, 1.82) is 0 Å². The average Bonchev–Trinajstić information content (AvgIpc) is 3.58. The van der Waals surface area contributed by atoms with Gasteiger partial charge in [-0.15, -0.1) is 0 Å². The molecule has 3 fully saturated rings. The molecule has 1 aliphatic carbocycles. The predicted octanol–water partition coefficient (Wildman–Crippen LogP) is 4.44. The molecule has 3 aromatic rings. The number of aryl methyl sites for hydroxylation is 1. The molecule has 0 unspecified atom stereocenters. The number of rotatable bonds is 5. The summed E-state index contributed by atoms with van der Waals surface area (Å²) in [6.45, 7) is 6.63. The minimum Gasteiger partial charge on any atom is -0.465 e. The quantitative estimate of drug-likeness (QED) is 0.419. The summed E-state index contributed by atoms with van der Waals surface area (Å²) >= 11 is 0. The van der Waals surface area contributed by atoms with E-state index in [0.29, 0.717) is 67.9 Å². The number of piperidine rings is 1. The van der Waals surface area contributed by atoms with Crippen molar-refractivity contribution >= 4 is 34.4 Å². The highest BCUT2D eigenvalue weighted by Crippen LogP contribution is 2.38. The van der Waals surface area contributed by atoms with Gasteiger partial charge in [0.05, 0.1) is 29.8 Å². The Kier molecular flexibility index (Phi) is 7.01. The van der Waals surface area contributed by atoms with E-state index in [4.69, 9.17) is 9.84 Å². The summed E-state index contributed by atoms with van der Waals surface area (Å²) in [7, 11) is 0. The number of H-pyrrole nitrogens is 1. The van der Waals surface area contributed by atoms with Gasteiger partial charge in [0.2, 0.25) is 0 Å². The maximum atomic E-state index is 13.5. The van der Waals surface area contributed by atoms with Gasteiger partial charge in [0, 0.05) is 37.1 Å². The molecular weight excluding hydrogens is 524 g/mol. The molecule has 0 radical (unpaired) electrons. The molecule has 11 heteroatoms. The predicted molar refractivity (Wildman–Crippen MR) is 155 cm³/mol. The number of carbonyl (C=O) groups excluding carboxylic acids is 1. The number of anilines is 2. The van der Waals surface area contributed by atoms with Gasteiger partial charge in [0.1, 0.15) is 5.39 Å². The fourth-order valence-corrected chi connectivity index (χ4v) is 6.98. The number of fused-ring (bicyclic) bond motifs is 1. The van der Waals surface area contributed by atoms with Gasteiger partial charge in [0.15, 0.2) is 5.82 Å². The summed E-state index contributed by atoms with van der Waals surface area (Å²) in [5, 5.41) is 18.2. The van der Waals surface area contributed by atoms with E-state index in [9.17, 15) is 19.5 Å². The molecule has 218 valence electrons. The van der Waals surface area contributed by atoms with Crippen molar-refractivity contribution in [2.24, 2.45) is 0 Å². The van der Waals surface area contributed by atoms with Crippen LogP contribution in [0.15, 0.2) is 35.3 Å². The number of hydrogen-bond acceptors (Lipinski definition) is 6. The first-order valence-corrected chi connectivity index (χ1v) is 14.6. The number of carbonyl (C=O) groups is 2. The number of pyridine rings is 1. The van der Waals surface area contributed by atoms with Gasteiger partial charge < -0.3 is 29.9 Å². The zero-order valence-electron chi connectivity index (χ0n) is 23.7. The van der Waals surface area contributed by atoms with Crippen molar-refractivity contribution in [3.05, 3.63) is 51.9 Å². The summed E-state index contributed by atoms with van der Waals surface area (Å²) in [6.07, 6.45) is 6.99. The minimum absolute atomic E-state index is 0.0207. The highest BCUT2D eigenvalue weighted by molar-refractivity contribution is 5.97. The van der Waals surface area contributed by atoms with Crippen LogP contribution in [0.4, 0.5) is 16.3 Å². The van der Waals surface area contributed by atoms with Crippen molar-refractivity contribution < 1.29 is 19.4 Å². The normalized spacial score (nSPS) is 20.0. The SMILES string of the molecule is CCC1(n2nc(Nc3ccc(C(=O)N4CCOC5(CCCC5)C4)c(C)c3)c3c(=O)[nH]ccc32)CCN(C(=O)O)CC1. The maximum absolute atomic E-state index is 13.5. The first-order valence-electron chi connectivity index (χ1n) is 14.6. The smallest absolute Gasteiger partial charge is 0.407 e. The number of nitrogens with zero attached hydrogens (tertiary/aromatic N) is 4.